The SMILES string of the molecule is CCCN(CCNC(=O)c1ccc(F)c(F)c1)C(C)=O. The number of carbonyl (C=O) groups excluding carboxylic acids is 2. The predicted molar refractivity (Wildman–Crippen MR) is 71.2 cm³/mol. The molecule has 0 aliphatic heterocycles. The molecule has 0 saturated heterocycles. The van der Waals surface area contributed by atoms with Gasteiger partial charge < -0.3 is 10.2 Å². The molecule has 0 fully saturated rings. The molecule has 1 aromatic rings. The molecule has 6 heteroatoms. The molecule has 0 atom stereocenters. The highest BCUT2D eigenvalue weighted by Gasteiger charge is 2.11. The van der Waals surface area contributed by atoms with E-state index in [9.17, 15) is 18.4 Å². The average molecular weight is 284 g/mol. The molecule has 110 valence electrons. The van der Waals surface area contributed by atoms with Crippen molar-refractivity contribution >= 4 is 11.8 Å². The third-order valence-corrected chi connectivity index (χ3v) is 2.79. The Kier molecular flexibility index (Phi) is 6.09. The van der Waals surface area contributed by atoms with Gasteiger partial charge in [0.05, 0.1) is 0 Å². The van der Waals surface area contributed by atoms with Gasteiger partial charge in [-0.15, -0.1) is 0 Å². The Labute approximate surface area is 116 Å². The summed E-state index contributed by atoms with van der Waals surface area (Å²) < 4.78 is 25.7. The fraction of sp³-hybridized carbons (Fsp3) is 0.429. The second kappa shape index (κ2) is 7.57. The Hall–Kier alpha value is -1.98. The lowest BCUT2D eigenvalue weighted by molar-refractivity contribution is -0.128. The zero-order valence-electron chi connectivity index (χ0n) is 11.6. The van der Waals surface area contributed by atoms with Crippen molar-refractivity contribution < 1.29 is 18.4 Å². The number of nitrogens with zero attached hydrogens (tertiary/aromatic N) is 1. The smallest absolute Gasteiger partial charge is 0.251 e. The van der Waals surface area contributed by atoms with Gasteiger partial charge >= 0.3 is 0 Å². The van der Waals surface area contributed by atoms with Crippen LogP contribution in [-0.4, -0.2) is 36.3 Å². The Bertz CT molecular complexity index is 492. The van der Waals surface area contributed by atoms with Crippen molar-refractivity contribution in [2.45, 2.75) is 20.3 Å². The molecule has 20 heavy (non-hydrogen) atoms. The quantitative estimate of drug-likeness (QED) is 0.868. The van der Waals surface area contributed by atoms with E-state index in [1.165, 1.54) is 13.0 Å². The summed E-state index contributed by atoms with van der Waals surface area (Å²) in [6, 6.07) is 2.96. The van der Waals surface area contributed by atoms with Crippen molar-refractivity contribution in [3.8, 4) is 0 Å². The van der Waals surface area contributed by atoms with Crippen molar-refractivity contribution in [2.24, 2.45) is 0 Å². The molecule has 0 aliphatic carbocycles. The molecule has 1 rings (SSSR count). The molecule has 4 nitrogen and oxygen atoms in total. The van der Waals surface area contributed by atoms with Gasteiger partial charge in [-0.2, -0.15) is 0 Å². The van der Waals surface area contributed by atoms with Gasteiger partial charge in [-0.3, -0.25) is 9.59 Å². The standard InChI is InChI=1S/C14H18F2N2O2/c1-3-7-18(10(2)19)8-6-17-14(20)11-4-5-12(15)13(16)9-11/h4-5,9H,3,6-8H2,1-2H3,(H,17,20). The van der Waals surface area contributed by atoms with Crippen LogP contribution in [0.25, 0.3) is 0 Å². The number of carbonyl (C=O) groups is 2. The molecule has 2 amide bonds. The van der Waals surface area contributed by atoms with Crippen LogP contribution >= 0.6 is 0 Å². The lowest BCUT2D eigenvalue weighted by atomic mass is 10.2. The molecule has 0 saturated carbocycles. The zero-order valence-corrected chi connectivity index (χ0v) is 11.6. The molecular formula is C14H18F2N2O2. The Balaban J connectivity index is 2.50. The van der Waals surface area contributed by atoms with Crippen LogP contribution in [0.1, 0.15) is 30.6 Å². The number of hydrogen-bond acceptors (Lipinski definition) is 2. The van der Waals surface area contributed by atoms with Crippen molar-refractivity contribution in [1.29, 1.82) is 0 Å². The Morgan fingerprint density at radius 1 is 1.20 bits per heavy atom. The van der Waals surface area contributed by atoms with Crippen LogP contribution in [0.4, 0.5) is 8.78 Å². The molecule has 0 heterocycles. The van der Waals surface area contributed by atoms with E-state index < -0.39 is 17.5 Å². The minimum Gasteiger partial charge on any atom is -0.350 e. The lowest BCUT2D eigenvalue weighted by Crippen LogP contribution is -2.37. The van der Waals surface area contributed by atoms with E-state index in [1.54, 1.807) is 4.90 Å². The second-order valence-corrected chi connectivity index (χ2v) is 4.39. The van der Waals surface area contributed by atoms with Crippen LogP contribution in [0.5, 0.6) is 0 Å². The topological polar surface area (TPSA) is 49.4 Å². The predicted octanol–water partition coefficient (Wildman–Crippen LogP) is 1.95. The van der Waals surface area contributed by atoms with Gasteiger partial charge in [0.1, 0.15) is 0 Å². The first-order chi connectivity index (χ1) is 9.45. The fourth-order valence-electron chi connectivity index (χ4n) is 1.74. The summed E-state index contributed by atoms with van der Waals surface area (Å²) >= 11 is 0. The molecule has 1 aromatic carbocycles. The van der Waals surface area contributed by atoms with Crippen molar-refractivity contribution in [2.75, 3.05) is 19.6 Å². The maximum absolute atomic E-state index is 13.0. The van der Waals surface area contributed by atoms with Crippen molar-refractivity contribution in [3.63, 3.8) is 0 Å². The summed E-state index contributed by atoms with van der Waals surface area (Å²) in [6.45, 7) is 4.69. The second-order valence-electron chi connectivity index (χ2n) is 4.39. The average Bonchev–Trinajstić information content (AvgIpc) is 2.40. The first-order valence-corrected chi connectivity index (χ1v) is 6.44. The van der Waals surface area contributed by atoms with E-state index in [-0.39, 0.29) is 18.0 Å². The third-order valence-electron chi connectivity index (χ3n) is 2.79. The van der Waals surface area contributed by atoms with E-state index in [2.05, 4.69) is 5.32 Å². The van der Waals surface area contributed by atoms with Gasteiger partial charge in [-0.1, -0.05) is 6.92 Å². The first kappa shape index (κ1) is 16.1. The number of benzene rings is 1. The Morgan fingerprint density at radius 3 is 2.45 bits per heavy atom. The van der Waals surface area contributed by atoms with Gasteiger partial charge in [0.15, 0.2) is 11.6 Å². The lowest BCUT2D eigenvalue weighted by Gasteiger charge is -2.20. The minimum atomic E-state index is -1.06. The summed E-state index contributed by atoms with van der Waals surface area (Å²) in [6.07, 6.45) is 0.830. The van der Waals surface area contributed by atoms with E-state index >= 15 is 0 Å². The van der Waals surface area contributed by atoms with Crippen molar-refractivity contribution in [1.82, 2.24) is 10.2 Å². The fourth-order valence-corrected chi connectivity index (χ4v) is 1.74. The van der Waals surface area contributed by atoms with Crippen LogP contribution in [0, 0.1) is 11.6 Å². The minimum absolute atomic E-state index is 0.0498. The van der Waals surface area contributed by atoms with Crippen LogP contribution in [0.2, 0.25) is 0 Å². The number of hydrogen-bond donors (Lipinski definition) is 1. The molecule has 0 bridgehead atoms. The molecule has 0 aliphatic rings. The van der Waals surface area contributed by atoms with Gasteiger partial charge in [-0.05, 0) is 24.6 Å². The summed E-state index contributed by atoms with van der Waals surface area (Å²) in [5.41, 5.74) is 0.0498. The molecule has 1 N–H and O–H groups in total. The van der Waals surface area contributed by atoms with Crippen LogP contribution in [0.3, 0.4) is 0 Å². The monoisotopic (exact) mass is 284 g/mol. The summed E-state index contributed by atoms with van der Waals surface area (Å²) in [7, 11) is 0. The van der Waals surface area contributed by atoms with Gasteiger partial charge in [-0.25, -0.2) is 8.78 Å². The van der Waals surface area contributed by atoms with Crippen molar-refractivity contribution in [3.05, 3.63) is 35.4 Å². The first-order valence-electron chi connectivity index (χ1n) is 6.44. The number of halogens is 2. The highest BCUT2D eigenvalue weighted by molar-refractivity contribution is 5.94. The van der Waals surface area contributed by atoms with Crippen LogP contribution in [0.15, 0.2) is 18.2 Å². The maximum atomic E-state index is 13.0. The molecular weight excluding hydrogens is 266 g/mol. The summed E-state index contributed by atoms with van der Waals surface area (Å²) in [5.74, 6) is -2.61. The van der Waals surface area contributed by atoms with E-state index in [4.69, 9.17) is 0 Å². The highest BCUT2D eigenvalue weighted by Crippen LogP contribution is 2.08. The van der Waals surface area contributed by atoms with E-state index in [1.807, 2.05) is 6.92 Å². The van der Waals surface area contributed by atoms with Crippen LogP contribution in [-0.2, 0) is 4.79 Å². The number of amides is 2. The highest BCUT2D eigenvalue weighted by atomic mass is 19.2. The normalized spacial score (nSPS) is 10.2. The van der Waals surface area contributed by atoms with Gasteiger partial charge in [0.25, 0.3) is 5.91 Å². The van der Waals surface area contributed by atoms with Gasteiger partial charge in [0.2, 0.25) is 5.91 Å². The van der Waals surface area contributed by atoms with Crippen LogP contribution < -0.4 is 5.32 Å². The summed E-state index contributed by atoms with van der Waals surface area (Å²) in [5, 5.41) is 2.57. The van der Waals surface area contributed by atoms with E-state index in [0.29, 0.717) is 13.1 Å². The largest absolute Gasteiger partial charge is 0.350 e. The zero-order chi connectivity index (χ0) is 15.1. The molecule has 0 unspecified atom stereocenters. The van der Waals surface area contributed by atoms with E-state index in [0.717, 1.165) is 18.6 Å². The summed E-state index contributed by atoms with van der Waals surface area (Å²) in [4.78, 5) is 24.6. The van der Waals surface area contributed by atoms with Gasteiger partial charge in [0, 0.05) is 32.1 Å². The molecule has 0 spiro atoms. The maximum Gasteiger partial charge on any atom is 0.251 e. The number of rotatable bonds is 6. The Morgan fingerprint density at radius 2 is 1.90 bits per heavy atom. The molecule has 0 radical (unpaired) electrons. The third kappa shape index (κ3) is 4.60. The number of nitrogens with one attached hydrogen (secondary N) is 1. The molecule has 0 aromatic heterocycles.